The number of carbonyl (C=O) groups excluding carboxylic acids is 1. The number of esters is 1. The molecular weight excluding hydrogens is 242 g/mol. The molecule has 1 aromatic rings. The number of ether oxygens (including phenoxy) is 1. The van der Waals surface area contributed by atoms with E-state index in [1.165, 1.54) is 12.7 Å². The second kappa shape index (κ2) is 7.60. The maximum absolute atomic E-state index is 11.0. The monoisotopic (exact) mass is 257 g/mol. The van der Waals surface area contributed by atoms with Crippen molar-refractivity contribution in [3.05, 3.63) is 35.9 Å². The molecule has 1 rings (SSSR count). The van der Waals surface area contributed by atoms with Crippen LogP contribution >= 0.6 is 21.6 Å². The standard InChI is InChI=1S/C11H15NO2S2/c1-14-11(13)10(12)8-16-15-7-9-5-3-2-4-6-9/h2-6,10H,7-8,12H2,1H3/t10-/m0/s1. The van der Waals surface area contributed by atoms with E-state index in [-0.39, 0.29) is 5.97 Å². The molecule has 1 atom stereocenters. The molecule has 0 aliphatic heterocycles. The summed E-state index contributed by atoms with van der Waals surface area (Å²) in [5, 5.41) is 0. The molecule has 0 aromatic heterocycles. The number of nitrogens with two attached hydrogens (primary N) is 1. The van der Waals surface area contributed by atoms with E-state index in [0.29, 0.717) is 5.75 Å². The van der Waals surface area contributed by atoms with Crippen LogP contribution in [-0.2, 0) is 15.3 Å². The summed E-state index contributed by atoms with van der Waals surface area (Å²) in [6, 6.07) is 9.65. The van der Waals surface area contributed by atoms with Crippen LogP contribution in [-0.4, -0.2) is 24.9 Å². The maximum Gasteiger partial charge on any atom is 0.323 e. The van der Waals surface area contributed by atoms with Gasteiger partial charge in [-0.25, -0.2) is 0 Å². The first-order valence-electron chi connectivity index (χ1n) is 4.86. The molecule has 0 fully saturated rings. The zero-order chi connectivity index (χ0) is 11.8. The molecule has 0 saturated carbocycles. The molecule has 0 unspecified atom stereocenters. The first-order chi connectivity index (χ1) is 7.74. The summed E-state index contributed by atoms with van der Waals surface area (Å²) in [5.41, 5.74) is 6.87. The van der Waals surface area contributed by atoms with Gasteiger partial charge in [-0.15, -0.1) is 0 Å². The lowest BCUT2D eigenvalue weighted by Crippen LogP contribution is -2.33. The minimum absolute atomic E-state index is 0.354. The van der Waals surface area contributed by atoms with Crippen molar-refractivity contribution in [2.24, 2.45) is 5.73 Å². The van der Waals surface area contributed by atoms with Crippen LogP contribution in [0.3, 0.4) is 0 Å². The molecule has 0 radical (unpaired) electrons. The summed E-state index contributed by atoms with van der Waals surface area (Å²) in [5.74, 6) is 1.14. The zero-order valence-corrected chi connectivity index (χ0v) is 10.7. The van der Waals surface area contributed by atoms with Crippen molar-refractivity contribution in [2.75, 3.05) is 12.9 Å². The topological polar surface area (TPSA) is 52.3 Å². The number of methoxy groups -OCH3 is 1. The average Bonchev–Trinajstić information content (AvgIpc) is 2.34. The predicted molar refractivity (Wildman–Crippen MR) is 70.2 cm³/mol. The van der Waals surface area contributed by atoms with Gasteiger partial charge in [0, 0.05) is 11.5 Å². The van der Waals surface area contributed by atoms with Gasteiger partial charge in [0.15, 0.2) is 0 Å². The highest BCUT2D eigenvalue weighted by molar-refractivity contribution is 8.76. The molecule has 0 amide bonds. The Morgan fingerprint density at radius 3 is 2.69 bits per heavy atom. The number of hydrogen-bond donors (Lipinski definition) is 1. The number of rotatable bonds is 6. The van der Waals surface area contributed by atoms with E-state index < -0.39 is 6.04 Å². The molecular formula is C11H15NO2S2. The summed E-state index contributed by atoms with van der Waals surface area (Å²) in [7, 11) is 4.63. The molecule has 0 aliphatic carbocycles. The quantitative estimate of drug-likeness (QED) is 0.480. The summed E-state index contributed by atoms with van der Waals surface area (Å²) in [6.07, 6.45) is 0. The van der Waals surface area contributed by atoms with Crippen molar-refractivity contribution in [2.45, 2.75) is 11.8 Å². The first kappa shape index (κ1) is 13.4. The zero-order valence-electron chi connectivity index (χ0n) is 9.09. The Morgan fingerprint density at radius 2 is 2.06 bits per heavy atom. The fourth-order valence-electron chi connectivity index (χ4n) is 1.02. The molecule has 0 heterocycles. The highest BCUT2D eigenvalue weighted by atomic mass is 33.1. The summed E-state index contributed by atoms with van der Waals surface area (Å²) >= 11 is 0. The Kier molecular flexibility index (Phi) is 6.37. The highest BCUT2D eigenvalue weighted by Gasteiger charge is 2.13. The van der Waals surface area contributed by atoms with E-state index in [2.05, 4.69) is 16.9 Å². The van der Waals surface area contributed by atoms with Crippen molar-refractivity contribution in [1.29, 1.82) is 0 Å². The van der Waals surface area contributed by atoms with Crippen LogP contribution < -0.4 is 5.73 Å². The lowest BCUT2D eigenvalue weighted by molar-refractivity contribution is -0.141. The fourth-order valence-corrected chi connectivity index (χ4v) is 3.20. The predicted octanol–water partition coefficient (Wildman–Crippen LogP) is 2.07. The largest absolute Gasteiger partial charge is 0.468 e. The summed E-state index contributed by atoms with van der Waals surface area (Å²) in [4.78, 5) is 11.0. The van der Waals surface area contributed by atoms with Crippen LogP contribution in [0.25, 0.3) is 0 Å². The van der Waals surface area contributed by atoms with Gasteiger partial charge < -0.3 is 10.5 Å². The summed E-state index contributed by atoms with van der Waals surface area (Å²) < 4.78 is 4.54. The van der Waals surface area contributed by atoms with Gasteiger partial charge in [-0.1, -0.05) is 51.9 Å². The van der Waals surface area contributed by atoms with Gasteiger partial charge in [0.05, 0.1) is 7.11 Å². The van der Waals surface area contributed by atoms with Crippen molar-refractivity contribution in [3.63, 3.8) is 0 Å². The molecule has 0 spiro atoms. The van der Waals surface area contributed by atoms with Gasteiger partial charge in [-0.05, 0) is 5.56 Å². The second-order valence-corrected chi connectivity index (χ2v) is 5.67. The minimum Gasteiger partial charge on any atom is -0.468 e. The van der Waals surface area contributed by atoms with E-state index in [9.17, 15) is 4.79 Å². The van der Waals surface area contributed by atoms with Gasteiger partial charge in [0.25, 0.3) is 0 Å². The third-order valence-electron chi connectivity index (χ3n) is 1.90. The van der Waals surface area contributed by atoms with Crippen LogP contribution in [0.4, 0.5) is 0 Å². The average molecular weight is 257 g/mol. The van der Waals surface area contributed by atoms with Crippen LogP contribution in [0, 0.1) is 0 Å². The molecule has 2 N–H and O–H groups in total. The lowest BCUT2D eigenvalue weighted by Gasteiger charge is -2.07. The Balaban J connectivity index is 2.15. The normalized spacial score (nSPS) is 12.1. The van der Waals surface area contributed by atoms with Crippen molar-refractivity contribution >= 4 is 27.6 Å². The van der Waals surface area contributed by atoms with Gasteiger partial charge in [0.2, 0.25) is 0 Å². The minimum atomic E-state index is -0.529. The number of carbonyl (C=O) groups is 1. The number of hydrogen-bond acceptors (Lipinski definition) is 5. The van der Waals surface area contributed by atoms with Crippen molar-refractivity contribution in [1.82, 2.24) is 0 Å². The molecule has 5 heteroatoms. The molecule has 88 valence electrons. The van der Waals surface area contributed by atoms with Crippen molar-refractivity contribution < 1.29 is 9.53 Å². The van der Waals surface area contributed by atoms with E-state index in [1.54, 1.807) is 21.6 Å². The van der Waals surface area contributed by atoms with E-state index in [4.69, 9.17) is 5.73 Å². The van der Waals surface area contributed by atoms with Crippen LogP contribution in [0.1, 0.15) is 5.56 Å². The molecule has 0 saturated heterocycles. The van der Waals surface area contributed by atoms with Crippen LogP contribution in [0.15, 0.2) is 30.3 Å². The van der Waals surface area contributed by atoms with Gasteiger partial charge in [0.1, 0.15) is 6.04 Å². The number of benzene rings is 1. The summed E-state index contributed by atoms with van der Waals surface area (Å²) in [6.45, 7) is 0. The molecule has 0 aliphatic rings. The van der Waals surface area contributed by atoms with Gasteiger partial charge in [-0.3, -0.25) is 4.79 Å². The lowest BCUT2D eigenvalue weighted by atomic mass is 10.2. The Morgan fingerprint density at radius 1 is 1.38 bits per heavy atom. The van der Waals surface area contributed by atoms with Crippen molar-refractivity contribution in [3.8, 4) is 0 Å². The molecule has 0 bridgehead atoms. The van der Waals surface area contributed by atoms with E-state index >= 15 is 0 Å². The highest BCUT2D eigenvalue weighted by Crippen LogP contribution is 2.26. The molecule has 16 heavy (non-hydrogen) atoms. The third-order valence-corrected chi connectivity index (χ3v) is 4.28. The SMILES string of the molecule is COC(=O)[C@@H](N)CSSCc1ccccc1. The van der Waals surface area contributed by atoms with Gasteiger partial charge >= 0.3 is 5.97 Å². The van der Waals surface area contributed by atoms with Crippen LogP contribution in [0.2, 0.25) is 0 Å². The second-order valence-electron chi connectivity index (χ2n) is 3.16. The molecule has 1 aromatic carbocycles. The van der Waals surface area contributed by atoms with Gasteiger partial charge in [-0.2, -0.15) is 0 Å². The fraction of sp³-hybridized carbons (Fsp3) is 0.364. The Bertz CT molecular complexity index is 319. The molecule has 3 nitrogen and oxygen atoms in total. The van der Waals surface area contributed by atoms with E-state index in [0.717, 1.165) is 5.75 Å². The Labute approximate surface area is 104 Å². The Hall–Kier alpha value is -0.650. The van der Waals surface area contributed by atoms with E-state index in [1.807, 2.05) is 18.2 Å². The third kappa shape index (κ3) is 4.92. The smallest absolute Gasteiger partial charge is 0.323 e. The van der Waals surface area contributed by atoms with Crippen LogP contribution in [0.5, 0.6) is 0 Å². The first-order valence-corrected chi connectivity index (χ1v) is 7.34. The maximum atomic E-state index is 11.0.